The maximum absolute atomic E-state index is 12.0. The lowest BCUT2D eigenvalue weighted by molar-refractivity contribution is -0.116. The summed E-state index contributed by atoms with van der Waals surface area (Å²) in [5.41, 5.74) is 2.26. The molecule has 152 valence electrons. The monoisotopic (exact) mass is 494 g/mol. The minimum atomic E-state index is -3.58. The van der Waals surface area contributed by atoms with E-state index in [0.29, 0.717) is 15.8 Å². The lowest BCUT2D eigenvalue weighted by atomic mass is 9.99. The third-order valence-corrected chi connectivity index (χ3v) is 7.51. The van der Waals surface area contributed by atoms with Crippen LogP contribution in [-0.4, -0.2) is 40.6 Å². The molecule has 1 aromatic heterocycles. The Kier molecular flexibility index (Phi) is 5.67. The first-order valence-electron chi connectivity index (χ1n) is 9.18. The van der Waals surface area contributed by atoms with Crippen molar-refractivity contribution >= 4 is 54.4 Å². The fourth-order valence-electron chi connectivity index (χ4n) is 3.21. The predicted octanol–water partition coefficient (Wildman–Crippen LogP) is 3.62. The highest BCUT2D eigenvalue weighted by molar-refractivity contribution is 9.10. The third kappa shape index (κ3) is 4.34. The molecule has 1 heterocycles. The van der Waals surface area contributed by atoms with Crippen LogP contribution in [0.3, 0.4) is 0 Å². The van der Waals surface area contributed by atoms with E-state index in [2.05, 4.69) is 50.4 Å². The van der Waals surface area contributed by atoms with Crippen LogP contribution >= 0.6 is 27.7 Å². The van der Waals surface area contributed by atoms with Crippen molar-refractivity contribution in [2.24, 2.45) is 0 Å². The maximum Gasteiger partial charge on any atom is 0.243 e. The Hall–Kier alpha value is -1.91. The highest BCUT2D eigenvalue weighted by Crippen LogP contribution is 2.44. The first-order valence-corrected chi connectivity index (χ1v) is 12.6. The summed E-state index contributed by atoms with van der Waals surface area (Å²) in [6, 6.07) is 12.4. The molecule has 10 heteroatoms. The molecule has 2 aromatic carbocycles. The Morgan fingerprint density at radius 3 is 2.62 bits per heavy atom. The van der Waals surface area contributed by atoms with Crippen LogP contribution in [-0.2, 0) is 14.8 Å². The summed E-state index contributed by atoms with van der Waals surface area (Å²) in [5.74, 6) is -0.194. The fraction of sp³-hybridized carbons (Fsp3) is 0.316. The molecule has 3 aromatic rings. The van der Waals surface area contributed by atoms with Crippen LogP contribution in [0.2, 0.25) is 0 Å². The molecule has 0 spiro atoms. The van der Waals surface area contributed by atoms with Gasteiger partial charge >= 0.3 is 0 Å². The second-order valence-corrected chi connectivity index (χ2v) is 10.5. The van der Waals surface area contributed by atoms with Gasteiger partial charge in [0.15, 0.2) is 5.16 Å². The van der Waals surface area contributed by atoms with E-state index < -0.39 is 15.9 Å². The van der Waals surface area contributed by atoms with E-state index in [1.165, 1.54) is 30.7 Å². The minimum Gasteiger partial charge on any atom is -0.273 e. The van der Waals surface area contributed by atoms with E-state index in [1.54, 1.807) is 0 Å². The second kappa shape index (κ2) is 8.08. The van der Waals surface area contributed by atoms with E-state index in [4.69, 9.17) is 0 Å². The standard InChI is InChI=1S/C19H19BrN4O3S2/c1-2-29(26,27)23-17(25)11-28-19-22-21-18(20)24(19)16-10-9-13(12-7-8-12)14-5-3-4-6-15(14)16/h3-6,9-10,12H,2,7-8,11H2,1H3,(H,23,25). The second-order valence-electron chi connectivity index (χ2n) is 6.80. The van der Waals surface area contributed by atoms with Crippen LogP contribution < -0.4 is 4.72 Å². The number of rotatable bonds is 7. The van der Waals surface area contributed by atoms with Gasteiger partial charge in [-0.3, -0.25) is 14.1 Å². The number of aromatic nitrogens is 3. The SMILES string of the molecule is CCS(=O)(=O)NC(=O)CSc1nnc(Br)n1-c1ccc(C2CC2)c2ccccc12. The average molecular weight is 495 g/mol. The van der Waals surface area contributed by atoms with Crippen LogP contribution in [0.1, 0.15) is 31.2 Å². The Balaban J connectivity index is 1.66. The molecule has 1 amide bonds. The molecule has 29 heavy (non-hydrogen) atoms. The molecular formula is C19H19BrN4O3S2. The number of nitrogens with one attached hydrogen (secondary N) is 1. The van der Waals surface area contributed by atoms with Crippen LogP contribution in [0, 0.1) is 0 Å². The normalized spacial score (nSPS) is 14.3. The molecular weight excluding hydrogens is 476 g/mol. The topological polar surface area (TPSA) is 93.9 Å². The van der Waals surface area contributed by atoms with E-state index in [-0.39, 0.29) is 11.5 Å². The van der Waals surface area contributed by atoms with Gasteiger partial charge < -0.3 is 0 Å². The van der Waals surface area contributed by atoms with Crippen molar-refractivity contribution in [1.82, 2.24) is 19.5 Å². The number of nitrogens with zero attached hydrogens (tertiary/aromatic N) is 3. The number of sulfonamides is 1. The van der Waals surface area contributed by atoms with Crippen LogP contribution in [0.4, 0.5) is 0 Å². The summed E-state index contributed by atoms with van der Waals surface area (Å²) in [5, 5.41) is 11.0. The van der Waals surface area contributed by atoms with E-state index in [1.807, 2.05) is 21.4 Å². The van der Waals surface area contributed by atoms with Gasteiger partial charge in [0.2, 0.25) is 20.7 Å². The van der Waals surface area contributed by atoms with Gasteiger partial charge in [-0.1, -0.05) is 42.1 Å². The zero-order chi connectivity index (χ0) is 20.6. The number of hydrogen-bond donors (Lipinski definition) is 1. The van der Waals surface area contributed by atoms with Crippen LogP contribution in [0.15, 0.2) is 46.3 Å². The van der Waals surface area contributed by atoms with Crippen LogP contribution in [0.25, 0.3) is 16.5 Å². The summed E-state index contributed by atoms with van der Waals surface area (Å²) in [7, 11) is -3.58. The lowest BCUT2D eigenvalue weighted by Crippen LogP contribution is -2.33. The Morgan fingerprint density at radius 1 is 1.21 bits per heavy atom. The highest BCUT2D eigenvalue weighted by atomic mass is 79.9. The van der Waals surface area contributed by atoms with Gasteiger partial charge in [0, 0.05) is 5.39 Å². The van der Waals surface area contributed by atoms with E-state index in [9.17, 15) is 13.2 Å². The Bertz CT molecular complexity index is 1190. The molecule has 0 saturated heterocycles. The average Bonchev–Trinajstić information content (AvgIpc) is 3.48. The van der Waals surface area contributed by atoms with Gasteiger partial charge in [-0.05, 0) is 58.6 Å². The van der Waals surface area contributed by atoms with Crippen molar-refractivity contribution in [3.05, 3.63) is 46.7 Å². The third-order valence-electron chi connectivity index (χ3n) is 4.77. The summed E-state index contributed by atoms with van der Waals surface area (Å²) in [6.07, 6.45) is 2.44. The van der Waals surface area contributed by atoms with Crippen molar-refractivity contribution in [1.29, 1.82) is 0 Å². The molecule has 7 nitrogen and oxygen atoms in total. The number of halogens is 1. The summed E-state index contributed by atoms with van der Waals surface area (Å²) in [4.78, 5) is 12.0. The molecule has 1 aliphatic rings. The highest BCUT2D eigenvalue weighted by Gasteiger charge is 2.26. The maximum atomic E-state index is 12.0. The first-order chi connectivity index (χ1) is 13.9. The molecule has 0 radical (unpaired) electrons. The van der Waals surface area contributed by atoms with E-state index >= 15 is 0 Å². The van der Waals surface area contributed by atoms with Gasteiger partial charge in [-0.2, -0.15) is 0 Å². The molecule has 0 unspecified atom stereocenters. The van der Waals surface area contributed by atoms with Crippen molar-refractivity contribution in [3.63, 3.8) is 0 Å². The zero-order valence-electron chi connectivity index (χ0n) is 15.6. The largest absolute Gasteiger partial charge is 0.273 e. The lowest BCUT2D eigenvalue weighted by Gasteiger charge is -2.14. The van der Waals surface area contributed by atoms with Gasteiger partial charge in [0.05, 0.1) is 17.2 Å². The molecule has 0 atom stereocenters. The van der Waals surface area contributed by atoms with E-state index in [0.717, 1.165) is 22.8 Å². The molecule has 0 bridgehead atoms. The molecule has 1 fully saturated rings. The zero-order valence-corrected chi connectivity index (χ0v) is 18.8. The number of carbonyl (C=O) groups is 1. The summed E-state index contributed by atoms with van der Waals surface area (Å²) < 4.78 is 27.5. The van der Waals surface area contributed by atoms with Gasteiger partial charge in [0.25, 0.3) is 0 Å². The summed E-state index contributed by atoms with van der Waals surface area (Å²) in [6.45, 7) is 1.48. The van der Waals surface area contributed by atoms with Gasteiger partial charge in [-0.25, -0.2) is 8.42 Å². The minimum absolute atomic E-state index is 0.0809. The number of thioether (sulfide) groups is 1. The number of benzene rings is 2. The van der Waals surface area contributed by atoms with Crippen molar-refractivity contribution in [2.75, 3.05) is 11.5 Å². The van der Waals surface area contributed by atoms with Gasteiger partial charge in [-0.15, -0.1) is 10.2 Å². The van der Waals surface area contributed by atoms with Gasteiger partial charge in [0.1, 0.15) is 0 Å². The molecule has 0 aliphatic heterocycles. The molecule has 4 rings (SSSR count). The Labute approximate surface area is 181 Å². The number of fused-ring (bicyclic) bond motifs is 1. The molecule has 1 saturated carbocycles. The van der Waals surface area contributed by atoms with Crippen molar-refractivity contribution in [2.45, 2.75) is 30.8 Å². The number of carbonyl (C=O) groups excluding carboxylic acids is 1. The summed E-state index contributed by atoms with van der Waals surface area (Å²) >= 11 is 4.58. The predicted molar refractivity (Wildman–Crippen MR) is 117 cm³/mol. The molecule has 1 aliphatic carbocycles. The smallest absolute Gasteiger partial charge is 0.243 e. The fourth-order valence-corrected chi connectivity index (χ4v) is 5.16. The van der Waals surface area contributed by atoms with Crippen molar-refractivity contribution < 1.29 is 13.2 Å². The Morgan fingerprint density at radius 2 is 1.93 bits per heavy atom. The van der Waals surface area contributed by atoms with Crippen LogP contribution in [0.5, 0.6) is 0 Å². The number of hydrogen-bond acceptors (Lipinski definition) is 6. The van der Waals surface area contributed by atoms with Crippen molar-refractivity contribution in [3.8, 4) is 5.69 Å². The number of amides is 1. The quantitative estimate of drug-likeness (QED) is 0.504. The first kappa shape index (κ1) is 20.4. The molecule has 1 N–H and O–H groups in total.